The summed E-state index contributed by atoms with van der Waals surface area (Å²) in [6, 6.07) is 6.11. The molecule has 0 aromatic heterocycles. The van der Waals surface area contributed by atoms with Gasteiger partial charge in [0.25, 0.3) is 0 Å². The largest absolute Gasteiger partial charge is 0.493 e. The van der Waals surface area contributed by atoms with E-state index in [1.807, 2.05) is 12.1 Å². The lowest BCUT2D eigenvalue weighted by Crippen LogP contribution is -2.23. The predicted molar refractivity (Wildman–Crippen MR) is 81.1 cm³/mol. The van der Waals surface area contributed by atoms with Crippen LogP contribution in [0.5, 0.6) is 5.75 Å². The van der Waals surface area contributed by atoms with Gasteiger partial charge in [0, 0.05) is 4.47 Å². The number of hydrogen-bond acceptors (Lipinski definition) is 2. The third-order valence-electron chi connectivity index (χ3n) is 3.20. The molecule has 102 valence electrons. The van der Waals surface area contributed by atoms with Crippen LogP contribution in [0.1, 0.15) is 38.7 Å². The molecule has 0 aliphatic carbocycles. The Balaban J connectivity index is 2.26. The maximum absolute atomic E-state index is 5.79. The lowest BCUT2D eigenvalue weighted by Gasteiger charge is -2.21. The van der Waals surface area contributed by atoms with Crippen LogP contribution in [-0.4, -0.2) is 13.2 Å². The SMILES string of the molecule is Cc1cc(Br)ccc1OCCCCC(C)(C)CN. The van der Waals surface area contributed by atoms with Gasteiger partial charge in [-0.25, -0.2) is 0 Å². The van der Waals surface area contributed by atoms with Crippen LogP contribution >= 0.6 is 15.9 Å². The van der Waals surface area contributed by atoms with Crippen molar-refractivity contribution >= 4 is 15.9 Å². The summed E-state index contributed by atoms with van der Waals surface area (Å²) in [6.45, 7) is 8.03. The molecule has 0 fully saturated rings. The van der Waals surface area contributed by atoms with E-state index < -0.39 is 0 Å². The minimum Gasteiger partial charge on any atom is -0.493 e. The van der Waals surface area contributed by atoms with Gasteiger partial charge in [-0.1, -0.05) is 29.8 Å². The summed E-state index contributed by atoms with van der Waals surface area (Å²) in [5, 5.41) is 0. The molecule has 0 saturated carbocycles. The van der Waals surface area contributed by atoms with Gasteiger partial charge in [-0.15, -0.1) is 0 Å². The van der Waals surface area contributed by atoms with E-state index in [-0.39, 0.29) is 5.41 Å². The minimum absolute atomic E-state index is 0.257. The Morgan fingerprint density at radius 2 is 2.00 bits per heavy atom. The number of nitrogens with two attached hydrogens (primary N) is 1. The van der Waals surface area contributed by atoms with E-state index in [2.05, 4.69) is 42.8 Å². The lowest BCUT2D eigenvalue weighted by molar-refractivity contribution is 0.277. The molecule has 0 saturated heterocycles. The van der Waals surface area contributed by atoms with Crippen LogP contribution in [0.2, 0.25) is 0 Å². The zero-order chi connectivity index (χ0) is 13.6. The first-order chi connectivity index (χ1) is 8.44. The average molecular weight is 314 g/mol. The summed E-state index contributed by atoms with van der Waals surface area (Å²) in [7, 11) is 0. The number of benzene rings is 1. The molecule has 0 aliphatic heterocycles. The van der Waals surface area contributed by atoms with E-state index in [4.69, 9.17) is 10.5 Å². The molecule has 0 amide bonds. The second-order valence-electron chi connectivity index (χ2n) is 5.58. The summed E-state index contributed by atoms with van der Waals surface area (Å²) >= 11 is 3.45. The second kappa shape index (κ2) is 7.15. The van der Waals surface area contributed by atoms with E-state index >= 15 is 0 Å². The van der Waals surface area contributed by atoms with Crippen molar-refractivity contribution in [2.24, 2.45) is 11.1 Å². The summed E-state index contributed by atoms with van der Waals surface area (Å²) in [5.74, 6) is 0.983. The van der Waals surface area contributed by atoms with Crippen LogP contribution in [-0.2, 0) is 0 Å². The molecule has 2 nitrogen and oxygen atoms in total. The highest BCUT2D eigenvalue weighted by molar-refractivity contribution is 9.10. The predicted octanol–water partition coefficient (Wildman–Crippen LogP) is 4.29. The van der Waals surface area contributed by atoms with Gasteiger partial charge in [-0.3, -0.25) is 0 Å². The first kappa shape index (κ1) is 15.5. The normalized spacial score (nSPS) is 11.6. The molecule has 0 atom stereocenters. The molecule has 0 radical (unpaired) electrons. The molecule has 3 heteroatoms. The molecular weight excluding hydrogens is 290 g/mol. The number of halogens is 1. The highest BCUT2D eigenvalue weighted by atomic mass is 79.9. The second-order valence-corrected chi connectivity index (χ2v) is 6.50. The van der Waals surface area contributed by atoms with Crippen LogP contribution < -0.4 is 10.5 Å². The Labute approximate surface area is 119 Å². The Bertz CT molecular complexity index is 377. The van der Waals surface area contributed by atoms with E-state index in [0.29, 0.717) is 0 Å². The summed E-state index contributed by atoms with van der Waals surface area (Å²) in [4.78, 5) is 0. The topological polar surface area (TPSA) is 35.2 Å². The minimum atomic E-state index is 0.257. The summed E-state index contributed by atoms with van der Waals surface area (Å²) < 4.78 is 6.88. The Morgan fingerprint density at radius 1 is 1.28 bits per heavy atom. The fourth-order valence-electron chi connectivity index (χ4n) is 1.76. The maximum Gasteiger partial charge on any atom is 0.122 e. The zero-order valence-corrected chi connectivity index (χ0v) is 13.2. The zero-order valence-electron chi connectivity index (χ0n) is 11.6. The van der Waals surface area contributed by atoms with Crippen LogP contribution in [0.4, 0.5) is 0 Å². The smallest absolute Gasteiger partial charge is 0.122 e. The van der Waals surface area contributed by atoms with E-state index in [0.717, 1.165) is 36.2 Å². The third kappa shape index (κ3) is 5.40. The van der Waals surface area contributed by atoms with Gasteiger partial charge in [0.05, 0.1) is 6.61 Å². The van der Waals surface area contributed by atoms with Gasteiger partial charge < -0.3 is 10.5 Å². The van der Waals surface area contributed by atoms with Gasteiger partial charge in [0.15, 0.2) is 0 Å². The van der Waals surface area contributed by atoms with Crippen molar-refractivity contribution in [1.82, 2.24) is 0 Å². The van der Waals surface area contributed by atoms with E-state index in [9.17, 15) is 0 Å². The molecule has 0 spiro atoms. The van der Waals surface area contributed by atoms with Gasteiger partial charge in [0.2, 0.25) is 0 Å². The van der Waals surface area contributed by atoms with Gasteiger partial charge in [-0.05, 0) is 61.9 Å². The van der Waals surface area contributed by atoms with Gasteiger partial charge in [0.1, 0.15) is 5.75 Å². The third-order valence-corrected chi connectivity index (χ3v) is 3.69. The lowest BCUT2D eigenvalue weighted by atomic mass is 9.87. The number of unbranched alkanes of at least 4 members (excludes halogenated alkanes) is 1. The summed E-state index contributed by atoms with van der Waals surface area (Å²) in [5.41, 5.74) is 7.14. The first-order valence-corrected chi connectivity index (χ1v) is 7.33. The van der Waals surface area contributed by atoms with Crippen molar-refractivity contribution in [2.75, 3.05) is 13.2 Å². The number of aryl methyl sites for hydroxylation is 1. The maximum atomic E-state index is 5.79. The molecule has 18 heavy (non-hydrogen) atoms. The van der Waals surface area contributed by atoms with E-state index in [1.54, 1.807) is 0 Å². The van der Waals surface area contributed by atoms with Crippen LogP contribution in [0, 0.1) is 12.3 Å². The van der Waals surface area contributed by atoms with Gasteiger partial charge >= 0.3 is 0 Å². The fourth-order valence-corrected chi connectivity index (χ4v) is 2.24. The quantitative estimate of drug-likeness (QED) is 0.762. The molecule has 1 aromatic carbocycles. The van der Waals surface area contributed by atoms with Gasteiger partial charge in [-0.2, -0.15) is 0 Å². The Morgan fingerprint density at radius 3 is 2.61 bits per heavy atom. The highest BCUT2D eigenvalue weighted by Gasteiger charge is 2.14. The van der Waals surface area contributed by atoms with Crippen LogP contribution in [0.15, 0.2) is 22.7 Å². The standard InChI is InChI=1S/C15H24BrNO/c1-12-10-13(16)6-7-14(12)18-9-5-4-8-15(2,3)11-17/h6-7,10H,4-5,8-9,11,17H2,1-3H3. The van der Waals surface area contributed by atoms with Crippen molar-refractivity contribution in [3.8, 4) is 5.75 Å². The average Bonchev–Trinajstić information content (AvgIpc) is 2.31. The molecule has 0 aliphatic rings. The molecule has 1 rings (SSSR count). The van der Waals surface area contributed by atoms with Crippen molar-refractivity contribution in [1.29, 1.82) is 0 Å². The van der Waals surface area contributed by atoms with Crippen molar-refractivity contribution in [2.45, 2.75) is 40.0 Å². The molecular formula is C15H24BrNO. The van der Waals surface area contributed by atoms with Crippen molar-refractivity contribution in [3.05, 3.63) is 28.2 Å². The molecule has 0 heterocycles. The summed E-state index contributed by atoms with van der Waals surface area (Å²) in [6.07, 6.45) is 3.41. The number of ether oxygens (including phenoxy) is 1. The van der Waals surface area contributed by atoms with Crippen molar-refractivity contribution < 1.29 is 4.74 Å². The Kier molecular flexibility index (Phi) is 6.16. The molecule has 0 bridgehead atoms. The monoisotopic (exact) mass is 313 g/mol. The fraction of sp³-hybridized carbons (Fsp3) is 0.600. The number of rotatable bonds is 7. The van der Waals surface area contributed by atoms with Crippen molar-refractivity contribution in [3.63, 3.8) is 0 Å². The molecule has 0 unspecified atom stereocenters. The molecule has 1 aromatic rings. The van der Waals surface area contributed by atoms with E-state index in [1.165, 1.54) is 12.0 Å². The van der Waals surface area contributed by atoms with Crippen LogP contribution in [0.3, 0.4) is 0 Å². The Hall–Kier alpha value is -0.540. The first-order valence-electron chi connectivity index (χ1n) is 6.54. The van der Waals surface area contributed by atoms with Crippen LogP contribution in [0.25, 0.3) is 0 Å². The number of hydrogen-bond donors (Lipinski definition) is 1. The molecule has 2 N–H and O–H groups in total. The highest BCUT2D eigenvalue weighted by Crippen LogP contribution is 2.23.